The van der Waals surface area contributed by atoms with Gasteiger partial charge < -0.3 is 10.4 Å². The van der Waals surface area contributed by atoms with Crippen LogP contribution in [0.3, 0.4) is 0 Å². The summed E-state index contributed by atoms with van der Waals surface area (Å²) < 4.78 is 0.609. The molecule has 92 valence electrons. The van der Waals surface area contributed by atoms with Crippen LogP contribution in [0.2, 0.25) is 0 Å². The van der Waals surface area contributed by atoms with Gasteiger partial charge in [-0.3, -0.25) is 4.79 Å². The van der Waals surface area contributed by atoms with Gasteiger partial charge in [0, 0.05) is 15.7 Å². The van der Waals surface area contributed by atoms with Crippen LogP contribution in [0.1, 0.15) is 30.6 Å². The van der Waals surface area contributed by atoms with Crippen LogP contribution in [0, 0.1) is 9.49 Å². The number of anilines is 1. The van der Waals surface area contributed by atoms with Crippen molar-refractivity contribution >= 4 is 40.2 Å². The lowest BCUT2D eigenvalue weighted by molar-refractivity contribution is -0.116. The summed E-state index contributed by atoms with van der Waals surface area (Å²) in [7, 11) is 0. The Bertz CT molecular complexity index is 443. The number of halogens is 1. The van der Waals surface area contributed by atoms with E-state index >= 15 is 0 Å². The molecular formula is C12H14INO3. The lowest BCUT2D eigenvalue weighted by Crippen LogP contribution is -2.14. The van der Waals surface area contributed by atoms with E-state index in [4.69, 9.17) is 5.11 Å². The molecule has 1 aromatic rings. The fourth-order valence-corrected chi connectivity index (χ4v) is 2.10. The Morgan fingerprint density at radius 1 is 1.41 bits per heavy atom. The summed E-state index contributed by atoms with van der Waals surface area (Å²) in [5, 5.41) is 11.6. The van der Waals surface area contributed by atoms with Gasteiger partial charge in [-0.25, -0.2) is 4.79 Å². The molecule has 0 fully saturated rings. The third-order valence-corrected chi connectivity index (χ3v) is 2.97. The third kappa shape index (κ3) is 4.33. The summed E-state index contributed by atoms with van der Waals surface area (Å²) in [4.78, 5) is 22.3. The van der Waals surface area contributed by atoms with Crippen LogP contribution in [-0.4, -0.2) is 17.0 Å². The molecule has 1 aromatic carbocycles. The molecule has 0 aliphatic rings. The maximum Gasteiger partial charge on any atom is 0.336 e. The second kappa shape index (κ2) is 6.00. The monoisotopic (exact) mass is 347 g/mol. The van der Waals surface area contributed by atoms with Gasteiger partial charge in [0.25, 0.3) is 0 Å². The molecule has 0 atom stereocenters. The highest BCUT2D eigenvalue weighted by atomic mass is 127. The lowest BCUT2D eigenvalue weighted by atomic mass is 10.1. The number of benzene rings is 1. The summed E-state index contributed by atoms with van der Waals surface area (Å²) in [6, 6.07) is 4.75. The zero-order valence-corrected chi connectivity index (χ0v) is 11.8. The lowest BCUT2D eigenvalue weighted by Gasteiger charge is -2.08. The second-order valence-corrected chi connectivity index (χ2v) is 5.31. The minimum absolute atomic E-state index is 0.0566. The van der Waals surface area contributed by atoms with E-state index in [2.05, 4.69) is 5.32 Å². The molecule has 0 aliphatic heterocycles. The van der Waals surface area contributed by atoms with Gasteiger partial charge in [-0.2, -0.15) is 0 Å². The Balaban J connectivity index is 2.77. The van der Waals surface area contributed by atoms with E-state index in [1.807, 2.05) is 36.4 Å². The van der Waals surface area contributed by atoms with Crippen LogP contribution in [-0.2, 0) is 4.79 Å². The maximum absolute atomic E-state index is 11.5. The largest absolute Gasteiger partial charge is 0.478 e. The molecule has 17 heavy (non-hydrogen) atoms. The van der Waals surface area contributed by atoms with Crippen molar-refractivity contribution in [2.75, 3.05) is 5.32 Å². The highest BCUT2D eigenvalue weighted by Crippen LogP contribution is 2.18. The van der Waals surface area contributed by atoms with Crippen LogP contribution in [0.5, 0.6) is 0 Å². The number of amides is 1. The number of rotatable bonds is 4. The Morgan fingerprint density at radius 2 is 2.06 bits per heavy atom. The average Bonchev–Trinajstić information content (AvgIpc) is 2.15. The van der Waals surface area contributed by atoms with Crippen molar-refractivity contribution in [2.45, 2.75) is 20.3 Å². The van der Waals surface area contributed by atoms with Crippen molar-refractivity contribution in [2.24, 2.45) is 5.92 Å². The molecular weight excluding hydrogens is 333 g/mol. The normalized spacial score (nSPS) is 10.4. The number of hydrogen-bond donors (Lipinski definition) is 2. The van der Waals surface area contributed by atoms with Crippen molar-refractivity contribution in [3.63, 3.8) is 0 Å². The molecule has 1 rings (SSSR count). The van der Waals surface area contributed by atoms with Crippen molar-refractivity contribution in [1.29, 1.82) is 0 Å². The standard InChI is InChI=1S/C12H14INO3/c1-7(2)5-11(15)14-8-3-4-9(12(16)17)10(13)6-8/h3-4,6-7H,5H2,1-2H3,(H,14,15)(H,16,17). The number of nitrogens with one attached hydrogen (secondary N) is 1. The van der Waals surface area contributed by atoms with Crippen molar-refractivity contribution in [1.82, 2.24) is 0 Å². The minimum Gasteiger partial charge on any atom is -0.478 e. The van der Waals surface area contributed by atoms with Gasteiger partial charge in [0.15, 0.2) is 0 Å². The van der Waals surface area contributed by atoms with Crippen molar-refractivity contribution in [3.05, 3.63) is 27.3 Å². The van der Waals surface area contributed by atoms with Gasteiger partial charge in [0.05, 0.1) is 5.56 Å². The Labute approximate surface area is 114 Å². The maximum atomic E-state index is 11.5. The predicted molar refractivity (Wildman–Crippen MR) is 74.2 cm³/mol. The SMILES string of the molecule is CC(C)CC(=O)Nc1ccc(C(=O)O)c(I)c1. The van der Waals surface area contributed by atoms with E-state index in [-0.39, 0.29) is 11.5 Å². The highest BCUT2D eigenvalue weighted by molar-refractivity contribution is 14.1. The van der Waals surface area contributed by atoms with E-state index in [1.54, 1.807) is 12.1 Å². The van der Waals surface area contributed by atoms with E-state index in [1.165, 1.54) is 6.07 Å². The number of carbonyl (C=O) groups excluding carboxylic acids is 1. The van der Waals surface area contributed by atoms with Gasteiger partial charge in [-0.05, 0) is 46.7 Å². The van der Waals surface area contributed by atoms with Gasteiger partial charge in [0.2, 0.25) is 5.91 Å². The van der Waals surface area contributed by atoms with Gasteiger partial charge in [-0.15, -0.1) is 0 Å². The minimum atomic E-state index is -0.963. The molecule has 0 saturated carbocycles. The summed E-state index contributed by atoms with van der Waals surface area (Å²) >= 11 is 1.94. The first-order valence-corrected chi connectivity index (χ1v) is 6.30. The molecule has 1 amide bonds. The molecule has 0 radical (unpaired) electrons. The van der Waals surface area contributed by atoms with E-state index in [9.17, 15) is 9.59 Å². The Morgan fingerprint density at radius 3 is 2.53 bits per heavy atom. The molecule has 0 aliphatic carbocycles. The molecule has 0 aromatic heterocycles. The molecule has 0 bridgehead atoms. The summed E-state index contributed by atoms with van der Waals surface area (Å²) in [6.45, 7) is 3.94. The molecule has 0 heterocycles. The summed E-state index contributed by atoms with van der Waals surface area (Å²) in [6.07, 6.45) is 0.456. The van der Waals surface area contributed by atoms with Crippen LogP contribution >= 0.6 is 22.6 Å². The highest BCUT2D eigenvalue weighted by Gasteiger charge is 2.10. The van der Waals surface area contributed by atoms with E-state index in [0.717, 1.165) is 0 Å². The quantitative estimate of drug-likeness (QED) is 0.823. The number of carboxylic acids is 1. The van der Waals surface area contributed by atoms with Crippen molar-refractivity contribution in [3.8, 4) is 0 Å². The van der Waals surface area contributed by atoms with Gasteiger partial charge in [0.1, 0.15) is 0 Å². The number of aromatic carboxylic acids is 1. The molecule has 2 N–H and O–H groups in total. The molecule has 0 saturated heterocycles. The first-order valence-electron chi connectivity index (χ1n) is 5.23. The van der Waals surface area contributed by atoms with E-state index in [0.29, 0.717) is 21.6 Å². The molecule has 0 unspecified atom stereocenters. The van der Waals surface area contributed by atoms with Crippen molar-refractivity contribution < 1.29 is 14.7 Å². The Hall–Kier alpha value is -1.11. The average molecular weight is 347 g/mol. The smallest absolute Gasteiger partial charge is 0.336 e. The van der Waals surface area contributed by atoms with Crippen LogP contribution < -0.4 is 5.32 Å². The predicted octanol–water partition coefficient (Wildman–Crippen LogP) is 2.97. The first kappa shape index (κ1) is 14.0. The zero-order valence-electron chi connectivity index (χ0n) is 9.66. The van der Waals surface area contributed by atoms with Gasteiger partial charge >= 0.3 is 5.97 Å². The Kier molecular flexibility index (Phi) is 4.92. The van der Waals surface area contributed by atoms with E-state index < -0.39 is 5.97 Å². The zero-order chi connectivity index (χ0) is 13.0. The molecule has 5 heteroatoms. The molecule has 4 nitrogen and oxygen atoms in total. The second-order valence-electron chi connectivity index (χ2n) is 4.15. The van der Waals surface area contributed by atoms with Gasteiger partial charge in [-0.1, -0.05) is 13.8 Å². The number of carbonyl (C=O) groups is 2. The number of hydrogen-bond acceptors (Lipinski definition) is 2. The summed E-state index contributed by atoms with van der Waals surface area (Å²) in [5.74, 6) is -0.722. The fourth-order valence-electron chi connectivity index (χ4n) is 1.35. The summed E-state index contributed by atoms with van der Waals surface area (Å²) in [5.41, 5.74) is 0.873. The molecule has 0 spiro atoms. The van der Waals surface area contributed by atoms with Crippen LogP contribution in [0.15, 0.2) is 18.2 Å². The fraction of sp³-hybridized carbons (Fsp3) is 0.333. The number of carboxylic acid groups (broad SMARTS) is 1. The first-order chi connectivity index (χ1) is 7.90. The van der Waals surface area contributed by atoms with Crippen LogP contribution in [0.4, 0.5) is 5.69 Å². The topological polar surface area (TPSA) is 66.4 Å². The third-order valence-electron chi connectivity index (χ3n) is 2.08. The van der Waals surface area contributed by atoms with Crippen LogP contribution in [0.25, 0.3) is 0 Å².